The van der Waals surface area contributed by atoms with Crippen molar-refractivity contribution >= 4 is 28.8 Å². The van der Waals surface area contributed by atoms with Gasteiger partial charge < -0.3 is 20.3 Å². The van der Waals surface area contributed by atoms with E-state index in [1.807, 2.05) is 48.7 Å². The van der Waals surface area contributed by atoms with Crippen LogP contribution in [-0.2, 0) is 16.1 Å². The fraction of sp³-hybridized carbons (Fsp3) is 0.464. The minimum atomic E-state index is -4.33. The summed E-state index contributed by atoms with van der Waals surface area (Å²) >= 11 is 0. The average Bonchev–Trinajstić information content (AvgIpc) is 3.47. The molecule has 0 unspecified atom stereocenters. The van der Waals surface area contributed by atoms with Crippen LogP contribution in [-0.4, -0.2) is 82.0 Å². The Hall–Kier alpha value is -3.48. The van der Waals surface area contributed by atoms with Gasteiger partial charge in [-0.05, 0) is 41.8 Å². The SMILES string of the molecule is O=C(CCC(F)(F)F)N1CC=C(c2cccn3nc(Nc4ccc(COCN5C[C@H]6CN[C@H]6C5)cc4)nc23)CC1. The van der Waals surface area contributed by atoms with Crippen molar-refractivity contribution in [1.29, 1.82) is 0 Å². The average molecular weight is 556 g/mol. The molecule has 0 spiro atoms. The van der Waals surface area contributed by atoms with Crippen LogP contribution in [0.2, 0.25) is 0 Å². The van der Waals surface area contributed by atoms with Crippen LogP contribution in [0.25, 0.3) is 11.2 Å². The molecule has 2 saturated heterocycles. The Kier molecular flexibility index (Phi) is 7.47. The van der Waals surface area contributed by atoms with E-state index in [1.165, 1.54) is 4.90 Å². The summed E-state index contributed by atoms with van der Waals surface area (Å²) < 4.78 is 45.0. The highest BCUT2D eigenvalue weighted by atomic mass is 19.4. The van der Waals surface area contributed by atoms with Gasteiger partial charge in [0.25, 0.3) is 0 Å². The molecule has 2 N–H and O–H groups in total. The normalized spacial score (nSPS) is 21.3. The first-order valence-corrected chi connectivity index (χ1v) is 13.6. The molecule has 2 atom stereocenters. The van der Waals surface area contributed by atoms with Crippen molar-refractivity contribution in [3.8, 4) is 0 Å². The number of benzene rings is 1. The third-order valence-corrected chi connectivity index (χ3v) is 7.80. The van der Waals surface area contributed by atoms with Crippen molar-refractivity contribution in [1.82, 2.24) is 29.7 Å². The molecule has 5 heterocycles. The van der Waals surface area contributed by atoms with E-state index in [0.29, 0.717) is 43.9 Å². The van der Waals surface area contributed by atoms with Crippen molar-refractivity contribution in [3.05, 3.63) is 59.8 Å². The van der Waals surface area contributed by atoms with E-state index in [0.717, 1.165) is 47.9 Å². The number of pyridine rings is 1. The summed E-state index contributed by atoms with van der Waals surface area (Å²) in [7, 11) is 0. The minimum Gasteiger partial charge on any atom is -0.361 e. The molecule has 0 radical (unpaired) electrons. The number of alkyl halides is 3. The van der Waals surface area contributed by atoms with Gasteiger partial charge in [0.05, 0.1) is 19.8 Å². The molecule has 6 rings (SSSR count). The number of likely N-dealkylation sites (tertiary alicyclic amines) is 1. The maximum absolute atomic E-state index is 12.5. The Morgan fingerprint density at radius 3 is 2.70 bits per heavy atom. The van der Waals surface area contributed by atoms with Crippen LogP contribution < -0.4 is 10.6 Å². The monoisotopic (exact) mass is 555 g/mol. The second kappa shape index (κ2) is 11.2. The number of carbonyl (C=O) groups excluding carboxylic acids is 1. The zero-order chi connectivity index (χ0) is 27.7. The summed E-state index contributed by atoms with van der Waals surface area (Å²) in [6, 6.07) is 12.4. The van der Waals surface area contributed by atoms with E-state index < -0.39 is 24.9 Å². The summed E-state index contributed by atoms with van der Waals surface area (Å²) in [5.74, 6) is 0.751. The van der Waals surface area contributed by atoms with Crippen molar-refractivity contribution in [2.75, 3.05) is 44.8 Å². The number of halogens is 3. The van der Waals surface area contributed by atoms with Gasteiger partial charge in [0, 0.05) is 68.6 Å². The summed E-state index contributed by atoms with van der Waals surface area (Å²) in [5.41, 5.74) is 4.49. The highest BCUT2D eigenvalue weighted by Gasteiger charge is 2.38. The molecule has 212 valence electrons. The van der Waals surface area contributed by atoms with Crippen molar-refractivity contribution in [2.24, 2.45) is 5.92 Å². The summed E-state index contributed by atoms with van der Waals surface area (Å²) in [5, 5.41) is 11.3. The van der Waals surface area contributed by atoms with Crippen molar-refractivity contribution < 1.29 is 22.7 Å². The van der Waals surface area contributed by atoms with Gasteiger partial charge >= 0.3 is 6.18 Å². The number of hydrogen-bond acceptors (Lipinski definition) is 7. The van der Waals surface area contributed by atoms with Gasteiger partial charge in [-0.3, -0.25) is 9.69 Å². The van der Waals surface area contributed by atoms with Crippen LogP contribution in [0.5, 0.6) is 0 Å². The Morgan fingerprint density at radius 2 is 2.02 bits per heavy atom. The van der Waals surface area contributed by atoms with Crippen LogP contribution in [0.15, 0.2) is 48.7 Å². The molecule has 40 heavy (non-hydrogen) atoms. The molecule has 1 amide bonds. The van der Waals surface area contributed by atoms with Crippen LogP contribution in [0.1, 0.15) is 30.4 Å². The Morgan fingerprint density at radius 1 is 1.18 bits per heavy atom. The second-order valence-electron chi connectivity index (χ2n) is 10.7. The summed E-state index contributed by atoms with van der Waals surface area (Å²) in [6.07, 6.45) is -1.71. The van der Waals surface area contributed by atoms with Crippen LogP contribution in [0, 0.1) is 5.92 Å². The standard InChI is InChI=1S/C28H32F3N7O2/c29-28(30,31)10-7-25(39)37-12-8-20(9-13-37)23-2-1-11-38-26(23)34-27(35-38)33-22-5-3-19(4-6-22)17-40-18-36-15-21-14-32-24(21)16-36/h1-6,8,11,21,24,32H,7,9-10,12-18H2,(H,33,35)/t21-,24+/m1/s1. The minimum absolute atomic E-state index is 0.276. The van der Waals surface area contributed by atoms with Gasteiger partial charge in [-0.15, -0.1) is 5.10 Å². The number of ether oxygens (including phenoxy) is 1. The third kappa shape index (κ3) is 6.13. The smallest absolute Gasteiger partial charge is 0.361 e. The lowest BCUT2D eigenvalue weighted by Gasteiger charge is -2.30. The zero-order valence-electron chi connectivity index (χ0n) is 22.0. The molecular formula is C28H32F3N7O2. The number of anilines is 2. The fourth-order valence-electron chi connectivity index (χ4n) is 5.51. The number of hydrogen-bond donors (Lipinski definition) is 2. The maximum Gasteiger partial charge on any atom is 0.389 e. The van der Waals surface area contributed by atoms with Crippen LogP contribution >= 0.6 is 0 Å². The number of nitrogens with one attached hydrogen (secondary N) is 2. The van der Waals surface area contributed by atoms with Gasteiger partial charge in [-0.1, -0.05) is 18.2 Å². The molecular weight excluding hydrogens is 523 g/mol. The molecule has 3 aliphatic rings. The van der Waals surface area contributed by atoms with E-state index in [2.05, 4.69) is 25.6 Å². The summed E-state index contributed by atoms with van der Waals surface area (Å²) in [6.45, 7) is 5.12. The Labute approximate surface area is 230 Å². The molecule has 1 aromatic carbocycles. The first kappa shape index (κ1) is 26.7. The Bertz CT molecular complexity index is 1380. The lowest BCUT2D eigenvalue weighted by molar-refractivity contribution is -0.148. The first-order chi connectivity index (χ1) is 19.3. The van der Waals surface area contributed by atoms with E-state index in [-0.39, 0.29) is 6.54 Å². The lowest BCUT2D eigenvalue weighted by atomic mass is 9.96. The number of carbonyl (C=O) groups is 1. The van der Waals surface area contributed by atoms with Gasteiger partial charge in [-0.2, -0.15) is 18.2 Å². The number of fused-ring (bicyclic) bond motifs is 2. The topological polar surface area (TPSA) is 87.0 Å². The quantitative estimate of drug-likeness (QED) is 0.415. The van der Waals surface area contributed by atoms with Gasteiger partial charge in [0.15, 0.2) is 5.65 Å². The third-order valence-electron chi connectivity index (χ3n) is 7.80. The fourth-order valence-corrected chi connectivity index (χ4v) is 5.51. The van der Waals surface area contributed by atoms with Gasteiger partial charge in [0.2, 0.25) is 11.9 Å². The molecule has 9 nitrogen and oxygen atoms in total. The molecule has 2 fully saturated rings. The molecule has 12 heteroatoms. The molecule has 0 aliphatic carbocycles. The highest BCUT2D eigenvalue weighted by molar-refractivity contribution is 5.81. The largest absolute Gasteiger partial charge is 0.389 e. The number of nitrogens with zero attached hydrogens (tertiary/aromatic N) is 5. The van der Waals surface area contributed by atoms with Crippen LogP contribution in [0.3, 0.4) is 0 Å². The number of amides is 1. The van der Waals surface area contributed by atoms with Crippen molar-refractivity contribution in [3.63, 3.8) is 0 Å². The van der Waals surface area contributed by atoms with E-state index in [9.17, 15) is 18.0 Å². The van der Waals surface area contributed by atoms with E-state index in [1.54, 1.807) is 4.52 Å². The van der Waals surface area contributed by atoms with E-state index >= 15 is 0 Å². The predicted octanol–water partition coefficient (Wildman–Crippen LogP) is 3.81. The van der Waals surface area contributed by atoms with Crippen molar-refractivity contribution in [2.45, 2.75) is 38.1 Å². The number of rotatable bonds is 9. The molecule has 0 bridgehead atoms. The highest BCUT2D eigenvalue weighted by Crippen LogP contribution is 2.28. The van der Waals surface area contributed by atoms with Gasteiger partial charge in [0.1, 0.15) is 0 Å². The first-order valence-electron chi connectivity index (χ1n) is 13.6. The maximum atomic E-state index is 12.5. The predicted molar refractivity (Wildman–Crippen MR) is 144 cm³/mol. The van der Waals surface area contributed by atoms with E-state index in [4.69, 9.17) is 4.74 Å². The zero-order valence-corrected chi connectivity index (χ0v) is 22.0. The number of aromatic nitrogens is 3. The van der Waals surface area contributed by atoms with Crippen LogP contribution in [0.4, 0.5) is 24.8 Å². The molecule has 0 saturated carbocycles. The van der Waals surface area contributed by atoms with Gasteiger partial charge in [-0.25, -0.2) is 4.52 Å². The molecule has 3 aliphatic heterocycles. The Balaban J connectivity index is 1.04. The molecule has 3 aromatic rings. The summed E-state index contributed by atoms with van der Waals surface area (Å²) in [4.78, 5) is 20.7. The lowest BCUT2D eigenvalue weighted by Crippen LogP contribution is -2.51. The second-order valence-corrected chi connectivity index (χ2v) is 10.7. The molecule has 2 aromatic heterocycles.